The van der Waals surface area contributed by atoms with Gasteiger partial charge < -0.3 is 15.2 Å². The van der Waals surface area contributed by atoms with Gasteiger partial charge in [0, 0.05) is 18.3 Å². The van der Waals surface area contributed by atoms with Crippen LogP contribution in [0, 0.1) is 6.92 Å². The van der Waals surface area contributed by atoms with E-state index in [1.54, 1.807) is 14.0 Å². The molecule has 20 heavy (non-hydrogen) atoms. The van der Waals surface area contributed by atoms with Crippen molar-refractivity contribution in [2.45, 2.75) is 13.5 Å². The van der Waals surface area contributed by atoms with Crippen LogP contribution in [0.2, 0.25) is 0 Å². The standard InChI is InChI=1S/C14H15N3O3/c1-9-11(13(18)19)8-16-14(17-9)15-7-10-5-3-4-6-12(10)20-2/h3-6,8H,7H2,1-2H3,(H,18,19)(H,15,16,17). The molecule has 0 spiro atoms. The van der Waals surface area contributed by atoms with Crippen molar-refractivity contribution >= 4 is 11.9 Å². The minimum atomic E-state index is -1.03. The summed E-state index contributed by atoms with van der Waals surface area (Å²) in [6, 6.07) is 7.62. The summed E-state index contributed by atoms with van der Waals surface area (Å²) in [6.45, 7) is 2.13. The Morgan fingerprint density at radius 2 is 2.15 bits per heavy atom. The molecule has 0 fully saturated rings. The van der Waals surface area contributed by atoms with Gasteiger partial charge in [-0.2, -0.15) is 0 Å². The number of aryl methyl sites for hydroxylation is 1. The van der Waals surface area contributed by atoms with Crippen molar-refractivity contribution in [3.8, 4) is 5.75 Å². The predicted octanol–water partition coefficient (Wildman–Crippen LogP) is 2.10. The van der Waals surface area contributed by atoms with Crippen LogP contribution in [0.5, 0.6) is 5.75 Å². The van der Waals surface area contributed by atoms with Crippen molar-refractivity contribution in [1.82, 2.24) is 9.97 Å². The second-order valence-corrected chi connectivity index (χ2v) is 4.16. The summed E-state index contributed by atoms with van der Waals surface area (Å²) in [4.78, 5) is 19.0. The summed E-state index contributed by atoms with van der Waals surface area (Å²) in [5, 5.41) is 12.0. The van der Waals surface area contributed by atoms with Gasteiger partial charge in [-0.15, -0.1) is 0 Å². The lowest BCUT2D eigenvalue weighted by molar-refractivity contribution is 0.0695. The lowest BCUT2D eigenvalue weighted by Crippen LogP contribution is -2.09. The summed E-state index contributed by atoms with van der Waals surface area (Å²) < 4.78 is 5.25. The molecule has 1 aromatic heterocycles. The topological polar surface area (TPSA) is 84.3 Å². The molecule has 2 rings (SSSR count). The lowest BCUT2D eigenvalue weighted by Gasteiger charge is -2.10. The monoisotopic (exact) mass is 273 g/mol. The zero-order valence-electron chi connectivity index (χ0n) is 11.3. The van der Waals surface area contributed by atoms with Gasteiger partial charge in [-0.1, -0.05) is 18.2 Å². The third-order valence-electron chi connectivity index (χ3n) is 2.84. The molecule has 1 heterocycles. The third kappa shape index (κ3) is 3.03. The number of rotatable bonds is 5. The van der Waals surface area contributed by atoms with Crippen LogP contribution >= 0.6 is 0 Å². The van der Waals surface area contributed by atoms with E-state index in [0.29, 0.717) is 18.2 Å². The quantitative estimate of drug-likeness (QED) is 0.868. The number of carboxylic acid groups (broad SMARTS) is 1. The SMILES string of the molecule is COc1ccccc1CNc1ncc(C(=O)O)c(C)n1. The van der Waals surface area contributed by atoms with Crippen molar-refractivity contribution in [2.24, 2.45) is 0 Å². The normalized spacial score (nSPS) is 10.1. The van der Waals surface area contributed by atoms with Gasteiger partial charge in [-0.25, -0.2) is 14.8 Å². The first-order valence-electron chi connectivity index (χ1n) is 6.04. The fourth-order valence-electron chi connectivity index (χ4n) is 1.79. The number of benzene rings is 1. The number of anilines is 1. The second kappa shape index (κ2) is 6.01. The number of carbonyl (C=O) groups is 1. The molecule has 0 aliphatic rings. The largest absolute Gasteiger partial charge is 0.496 e. The minimum Gasteiger partial charge on any atom is -0.496 e. The lowest BCUT2D eigenvalue weighted by atomic mass is 10.2. The van der Waals surface area contributed by atoms with Crippen molar-refractivity contribution in [1.29, 1.82) is 0 Å². The summed E-state index contributed by atoms with van der Waals surface area (Å²) in [5.41, 5.74) is 1.50. The van der Waals surface area contributed by atoms with E-state index in [4.69, 9.17) is 9.84 Å². The molecule has 6 heteroatoms. The molecule has 2 aromatic rings. The summed E-state index contributed by atoms with van der Waals surface area (Å²) in [5.74, 6) is 0.135. The van der Waals surface area contributed by atoms with Crippen molar-refractivity contribution < 1.29 is 14.6 Å². The fraction of sp³-hybridized carbons (Fsp3) is 0.214. The number of aromatic nitrogens is 2. The number of hydrogen-bond donors (Lipinski definition) is 2. The number of aromatic carboxylic acids is 1. The van der Waals surface area contributed by atoms with Crippen LogP contribution in [-0.4, -0.2) is 28.2 Å². The minimum absolute atomic E-state index is 0.104. The molecule has 0 atom stereocenters. The highest BCUT2D eigenvalue weighted by atomic mass is 16.5. The van der Waals surface area contributed by atoms with E-state index < -0.39 is 5.97 Å². The number of carboxylic acids is 1. The Bertz CT molecular complexity index is 629. The number of ether oxygens (including phenoxy) is 1. The van der Waals surface area contributed by atoms with E-state index >= 15 is 0 Å². The Kier molecular flexibility index (Phi) is 4.14. The molecule has 0 radical (unpaired) electrons. The predicted molar refractivity (Wildman–Crippen MR) is 74.0 cm³/mol. The molecule has 104 valence electrons. The molecule has 0 amide bonds. The fourth-order valence-corrected chi connectivity index (χ4v) is 1.79. The van der Waals surface area contributed by atoms with Crippen molar-refractivity contribution in [3.63, 3.8) is 0 Å². The highest BCUT2D eigenvalue weighted by Gasteiger charge is 2.10. The number of nitrogens with one attached hydrogen (secondary N) is 1. The van der Waals surface area contributed by atoms with Crippen LogP contribution in [0.3, 0.4) is 0 Å². The van der Waals surface area contributed by atoms with Gasteiger partial charge in [-0.05, 0) is 13.0 Å². The maximum absolute atomic E-state index is 10.9. The third-order valence-corrected chi connectivity index (χ3v) is 2.84. The van der Waals surface area contributed by atoms with E-state index in [9.17, 15) is 4.79 Å². The maximum atomic E-state index is 10.9. The number of methoxy groups -OCH3 is 1. The summed E-state index contributed by atoms with van der Waals surface area (Å²) in [6.07, 6.45) is 1.30. The zero-order chi connectivity index (χ0) is 14.5. The van der Waals surface area contributed by atoms with Crippen LogP contribution in [0.1, 0.15) is 21.6 Å². The van der Waals surface area contributed by atoms with E-state index in [-0.39, 0.29) is 5.56 Å². The first kappa shape index (κ1) is 13.8. The Labute approximate surface area is 116 Å². The molecule has 2 N–H and O–H groups in total. The molecular formula is C14H15N3O3. The maximum Gasteiger partial charge on any atom is 0.339 e. The number of hydrogen-bond acceptors (Lipinski definition) is 5. The number of para-hydroxylation sites is 1. The average Bonchev–Trinajstić information content (AvgIpc) is 2.45. The van der Waals surface area contributed by atoms with E-state index in [2.05, 4.69) is 15.3 Å². The second-order valence-electron chi connectivity index (χ2n) is 4.16. The van der Waals surface area contributed by atoms with Gasteiger partial charge >= 0.3 is 5.97 Å². The molecule has 0 saturated heterocycles. The first-order valence-corrected chi connectivity index (χ1v) is 6.04. The van der Waals surface area contributed by atoms with Crippen LogP contribution in [0.4, 0.5) is 5.95 Å². The Hall–Kier alpha value is -2.63. The van der Waals surface area contributed by atoms with Crippen molar-refractivity contribution in [2.75, 3.05) is 12.4 Å². The highest BCUT2D eigenvalue weighted by Crippen LogP contribution is 2.18. The smallest absolute Gasteiger partial charge is 0.339 e. The van der Waals surface area contributed by atoms with Crippen LogP contribution in [0.15, 0.2) is 30.5 Å². The summed E-state index contributed by atoms with van der Waals surface area (Å²) in [7, 11) is 1.61. The van der Waals surface area contributed by atoms with Crippen LogP contribution < -0.4 is 10.1 Å². The first-order chi connectivity index (χ1) is 9.61. The van der Waals surface area contributed by atoms with Gasteiger partial charge in [0.05, 0.1) is 18.4 Å². The van der Waals surface area contributed by atoms with E-state index in [0.717, 1.165) is 11.3 Å². The molecule has 0 aliphatic carbocycles. The molecule has 0 aliphatic heterocycles. The molecule has 0 unspecified atom stereocenters. The van der Waals surface area contributed by atoms with Gasteiger partial charge in [0.25, 0.3) is 0 Å². The molecule has 0 saturated carbocycles. The zero-order valence-corrected chi connectivity index (χ0v) is 11.3. The molecule has 6 nitrogen and oxygen atoms in total. The highest BCUT2D eigenvalue weighted by molar-refractivity contribution is 5.88. The van der Waals surface area contributed by atoms with Gasteiger partial charge in [0.2, 0.25) is 5.95 Å². The average molecular weight is 273 g/mol. The van der Waals surface area contributed by atoms with Crippen LogP contribution in [-0.2, 0) is 6.54 Å². The van der Waals surface area contributed by atoms with Gasteiger partial charge in [0.15, 0.2) is 0 Å². The van der Waals surface area contributed by atoms with Crippen LogP contribution in [0.25, 0.3) is 0 Å². The Morgan fingerprint density at radius 3 is 2.80 bits per heavy atom. The van der Waals surface area contributed by atoms with Gasteiger partial charge in [-0.3, -0.25) is 0 Å². The Morgan fingerprint density at radius 1 is 1.40 bits per heavy atom. The molecular weight excluding hydrogens is 258 g/mol. The van der Waals surface area contributed by atoms with Gasteiger partial charge in [0.1, 0.15) is 5.75 Å². The Balaban J connectivity index is 2.11. The number of nitrogens with zero attached hydrogens (tertiary/aromatic N) is 2. The van der Waals surface area contributed by atoms with Crippen molar-refractivity contribution in [3.05, 3.63) is 47.3 Å². The summed E-state index contributed by atoms with van der Waals surface area (Å²) >= 11 is 0. The molecule has 0 bridgehead atoms. The van der Waals surface area contributed by atoms with E-state index in [1.807, 2.05) is 24.3 Å². The molecule has 1 aromatic carbocycles. The van der Waals surface area contributed by atoms with E-state index in [1.165, 1.54) is 6.20 Å².